The van der Waals surface area contributed by atoms with E-state index in [4.69, 9.17) is 0 Å². The minimum Gasteiger partial charge on any atom is -0.411 e. The molecule has 1 aromatic rings. The van der Waals surface area contributed by atoms with E-state index in [0.717, 1.165) is 18.7 Å². The van der Waals surface area contributed by atoms with Crippen LogP contribution in [0.25, 0.3) is 0 Å². The lowest BCUT2D eigenvalue weighted by atomic mass is 9.43. The molecule has 3 nitrogen and oxygen atoms in total. The van der Waals surface area contributed by atoms with Crippen molar-refractivity contribution >= 4 is 5.71 Å². The molecule has 3 heteroatoms. The zero-order chi connectivity index (χ0) is 14.4. The van der Waals surface area contributed by atoms with E-state index in [1.54, 1.807) is 0 Å². The van der Waals surface area contributed by atoms with E-state index >= 15 is 0 Å². The van der Waals surface area contributed by atoms with Crippen LogP contribution in [-0.2, 0) is 6.54 Å². The van der Waals surface area contributed by atoms with Crippen LogP contribution in [0.5, 0.6) is 0 Å². The molecular weight excluding hydrogens is 248 g/mol. The molecule has 3 saturated carbocycles. The highest BCUT2D eigenvalue weighted by Crippen LogP contribution is 2.61. The minimum absolute atomic E-state index is 0.192. The van der Waals surface area contributed by atoms with Crippen LogP contribution in [0.3, 0.4) is 0 Å². The number of oxime groups is 1. The molecule has 3 fully saturated rings. The van der Waals surface area contributed by atoms with Crippen LogP contribution in [0.15, 0.2) is 35.5 Å². The second kappa shape index (κ2) is 4.59. The lowest BCUT2D eigenvalue weighted by Crippen LogP contribution is -2.70. The summed E-state index contributed by atoms with van der Waals surface area (Å²) in [5.41, 5.74) is 2.34. The molecule has 0 radical (unpaired) electrons. The minimum atomic E-state index is -0.192. The monoisotopic (exact) mass is 272 g/mol. The van der Waals surface area contributed by atoms with Crippen molar-refractivity contribution in [2.24, 2.45) is 22.4 Å². The fourth-order valence-corrected chi connectivity index (χ4v) is 4.24. The fourth-order valence-electron chi connectivity index (χ4n) is 4.24. The first kappa shape index (κ1) is 13.6. The Morgan fingerprint density at radius 3 is 2.55 bits per heavy atom. The number of fused-ring (bicyclic) bond motifs is 2. The molecule has 0 unspecified atom stereocenters. The first-order chi connectivity index (χ1) is 9.48. The Morgan fingerprint density at radius 2 is 1.95 bits per heavy atom. The number of benzene rings is 1. The summed E-state index contributed by atoms with van der Waals surface area (Å²) in [6, 6.07) is 10.4. The van der Waals surface area contributed by atoms with Crippen molar-refractivity contribution in [2.45, 2.75) is 45.7 Å². The summed E-state index contributed by atoms with van der Waals surface area (Å²) in [6.07, 6.45) is 2.16. The fraction of sp³-hybridized carbons (Fsp3) is 0.588. The van der Waals surface area contributed by atoms with Gasteiger partial charge in [0.25, 0.3) is 0 Å². The third-order valence-corrected chi connectivity index (χ3v) is 5.83. The summed E-state index contributed by atoms with van der Waals surface area (Å²) < 4.78 is 0. The topological polar surface area (TPSA) is 44.6 Å². The highest BCUT2D eigenvalue weighted by Gasteiger charge is 2.62. The van der Waals surface area contributed by atoms with Gasteiger partial charge >= 0.3 is 0 Å². The third-order valence-electron chi connectivity index (χ3n) is 5.83. The Bertz CT molecular complexity index is 523. The third kappa shape index (κ3) is 1.87. The number of nitrogens with zero attached hydrogens (tertiary/aromatic N) is 1. The summed E-state index contributed by atoms with van der Waals surface area (Å²) in [5.74, 6) is 1.22. The second-order valence-corrected chi connectivity index (χ2v) is 7.10. The van der Waals surface area contributed by atoms with Gasteiger partial charge in [0.2, 0.25) is 0 Å². The Balaban J connectivity index is 1.81. The van der Waals surface area contributed by atoms with Gasteiger partial charge in [-0.05, 0) is 42.6 Å². The number of nitrogens with one attached hydrogen (secondary N) is 1. The van der Waals surface area contributed by atoms with Gasteiger partial charge in [-0.2, -0.15) is 0 Å². The van der Waals surface area contributed by atoms with Crippen LogP contribution in [0, 0.1) is 17.3 Å². The highest BCUT2D eigenvalue weighted by atomic mass is 16.4. The van der Waals surface area contributed by atoms with Crippen LogP contribution in [0.4, 0.5) is 0 Å². The van der Waals surface area contributed by atoms with Gasteiger partial charge in [-0.25, -0.2) is 0 Å². The molecule has 3 aliphatic carbocycles. The number of hydrogen-bond acceptors (Lipinski definition) is 3. The summed E-state index contributed by atoms with van der Waals surface area (Å²) in [7, 11) is 0. The summed E-state index contributed by atoms with van der Waals surface area (Å²) >= 11 is 0. The average Bonchev–Trinajstić information content (AvgIpc) is 2.46. The second-order valence-electron chi connectivity index (χ2n) is 7.10. The molecule has 0 spiro atoms. The molecule has 4 rings (SSSR count). The van der Waals surface area contributed by atoms with Crippen molar-refractivity contribution in [3.63, 3.8) is 0 Å². The smallest absolute Gasteiger partial charge is 0.0774 e. The van der Waals surface area contributed by atoms with Gasteiger partial charge in [0.1, 0.15) is 0 Å². The number of rotatable bonds is 3. The molecule has 1 aromatic carbocycles. The molecule has 0 aliphatic heterocycles. The highest BCUT2D eigenvalue weighted by molar-refractivity contribution is 5.95. The summed E-state index contributed by atoms with van der Waals surface area (Å²) in [5, 5.41) is 16.7. The van der Waals surface area contributed by atoms with Gasteiger partial charge in [0.05, 0.1) is 11.3 Å². The molecule has 0 amide bonds. The van der Waals surface area contributed by atoms with Crippen LogP contribution >= 0.6 is 0 Å². The van der Waals surface area contributed by atoms with Gasteiger partial charge in [-0.15, -0.1) is 0 Å². The van der Waals surface area contributed by atoms with Gasteiger partial charge in [-0.3, -0.25) is 0 Å². The van der Waals surface area contributed by atoms with Crippen molar-refractivity contribution in [3.05, 3.63) is 35.9 Å². The predicted octanol–water partition coefficient (Wildman–Crippen LogP) is 3.43. The Labute approximate surface area is 121 Å². The van der Waals surface area contributed by atoms with Gasteiger partial charge in [-0.1, -0.05) is 49.3 Å². The number of hydrogen-bond donors (Lipinski definition) is 2. The first-order valence-corrected chi connectivity index (χ1v) is 7.49. The standard InChI is InChI=1S/C17H24N2O/c1-16(2)13-9-14(16)17(3,15(10-13)19-20)18-11-12-7-5-4-6-8-12/h4-8,13-14,18,20H,9-11H2,1-3H3/b19-15-/t13-,14-,17-/m1/s1. The zero-order valence-electron chi connectivity index (χ0n) is 12.6. The van der Waals surface area contributed by atoms with Crippen LogP contribution < -0.4 is 5.32 Å². The van der Waals surface area contributed by atoms with Crippen molar-refractivity contribution in [3.8, 4) is 0 Å². The van der Waals surface area contributed by atoms with E-state index in [0.29, 0.717) is 17.3 Å². The summed E-state index contributed by atoms with van der Waals surface area (Å²) in [4.78, 5) is 0. The van der Waals surface area contributed by atoms with E-state index in [1.807, 2.05) is 6.07 Å². The Kier molecular flexibility index (Phi) is 3.13. The first-order valence-electron chi connectivity index (χ1n) is 7.49. The van der Waals surface area contributed by atoms with Crippen LogP contribution in [-0.4, -0.2) is 16.5 Å². The molecular formula is C17H24N2O. The predicted molar refractivity (Wildman–Crippen MR) is 80.9 cm³/mol. The molecule has 3 aliphatic rings. The molecule has 0 saturated heterocycles. The quantitative estimate of drug-likeness (QED) is 0.654. The van der Waals surface area contributed by atoms with E-state index in [9.17, 15) is 5.21 Å². The summed E-state index contributed by atoms with van der Waals surface area (Å²) in [6.45, 7) is 7.71. The van der Waals surface area contributed by atoms with Gasteiger partial charge in [0, 0.05) is 6.54 Å². The molecule has 0 heterocycles. The van der Waals surface area contributed by atoms with Crippen molar-refractivity contribution < 1.29 is 5.21 Å². The normalized spacial score (nSPS) is 36.6. The maximum Gasteiger partial charge on any atom is 0.0774 e. The van der Waals surface area contributed by atoms with E-state index < -0.39 is 0 Å². The molecule has 108 valence electrons. The van der Waals surface area contributed by atoms with E-state index in [1.165, 1.54) is 12.0 Å². The maximum absolute atomic E-state index is 9.38. The maximum atomic E-state index is 9.38. The molecule has 2 N–H and O–H groups in total. The van der Waals surface area contributed by atoms with E-state index in [-0.39, 0.29) is 5.54 Å². The van der Waals surface area contributed by atoms with E-state index in [2.05, 4.69) is 55.5 Å². The van der Waals surface area contributed by atoms with Crippen LogP contribution in [0.2, 0.25) is 0 Å². The van der Waals surface area contributed by atoms with Gasteiger partial charge < -0.3 is 10.5 Å². The van der Waals surface area contributed by atoms with Crippen LogP contribution in [0.1, 0.15) is 39.2 Å². The Morgan fingerprint density at radius 1 is 1.25 bits per heavy atom. The van der Waals surface area contributed by atoms with Crippen molar-refractivity contribution in [1.82, 2.24) is 5.32 Å². The molecule has 2 bridgehead atoms. The average molecular weight is 272 g/mol. The molecule has 20 heavy (non-hydrogen) atoms. The lowest BCUT2D eigenvalue weighted by Gasteiger charge is -2.64. The molecule has 0 aromatic heterocycles. The zero-order valence-corrected chi connectivity index (χ0v) is 12.6. The molecule has 3 atom stereocenters. The SMILES string of the molecule is CC1(C)[C@H]2C/C(=N/O)[C@](C)(NCc3ccccc3)[C@@H]1C2. The Hall–Kier alpha value is -1.35. The van der Waals surface area contributed by atoms with Gasteiger partial charge in [0.15, 0.2) is 0 Å². The lowest BCUT2D eigenvalue weighted by molar-refractivity contribution is -0.0739. The van der Waals surface area contributed by atoms with Crippen molar-refractivity contribution in [2.75, 3.05) is 0 Å². The largest absolute Gasteiger partial charge is 0.411 e. The van der Waals surface area contributed by atoms with Crippen molar-refractivity contribution in [1.29, 1.82) is 0 Å².